The third kappa shape index (κ3) is 2.82. The van der Waals surface area contributed by atoms with Gasteiger partial charge in [-0.1, -0.05) is 23.2 Å². The molecule has 0 saturated carbocycles. The van der Waals surface area contributed by atoms with Gasteiger partial charge in [0.25, 0.3) is 0 Å². The van der Waals surface area contributed by atoms with Gasteiger partial charge in [-0.25, -0.2) is 8.78 Å². The largest absolute Gasteiger partial charge is 0.377 e. The molecule has 1 aromatic heterocycles. The SMILES string of the molecule is Cc1nn(C)c(Cl)c1CNc1c(F)cc(F)cc1Cl. The van der Waals surface area contributed by atoms with Crippen molar-refractivity contribution in [3.63, 3.8) is 0 Å². The van der Waals surface area contributed by atoms with Crippen LogP contribution in [0, 0.1) is 18.6 Å². The maximum Gasteiger partial charge on any atom is 0.150 e. The third-order valence-corrected chi connectivity index (χ3v) is 3.49. The number of benzene rings is 1. The zero-order valence-electron chi connectivity index (χ0n) is 10.3. The summed E-state index contributed by atoms with van der Waals surface area (Å²) in [6.45, 7) is 2.05. The fourth-order valence-corrected chi connectivity index (χ4v) is 2.27. The van der Waals surface area contributed by atoms with Crippen LogP contribution in [0.15, 0.2) is 12.1 Å². The molecule has 0 amide bonds. The van der Waals surface area contributed by atoms with Gasteiger partial charge in [0.1, 0.15) is 11.0 Å². The van der Waals surface area contributed by atoms with Crippen molar-refractivity contribution < 1.29 is 8.78 Å². The molecule has 0 radical (unpaired) electrons. The van der Waals surface area contributed by atoms with Crippen LogP contribution in [0.4, 0.5) is 14.5 Å². The quantitative estimate of drug-likeness (QED) is 0.931. The highest BCUT2D eigenvalue weighted by Crippen LogP contribution is 2.28. The molecule has 2 aromatic rings. The summed E-state index contributed by atoms with van der Waals surface area (Å²) in [5.74, 6) is -1.47. The normalized spacial score (nSPS) is 10.8. The second-order valence-corrected chi connectivity index (χ2v) is 4.84. The van der Waals surface area contributed by atoms with Gasteiger partial charge in [-0.05, 0) is 13.0 Å². The summed E-state index contributed by atoms with van der Waals surface area (Å²) >= 11 is 11.8. The van der Waals surface area contributed by atoms with Crippen molar-refractivity contribution in [1.82, 2.24) is 9.78 Å². The first kappa shape index (κ1) is 14.1. The molecule has 0 atom stereocenters. The number of halogens is 4. The molecule has 1 aromatic carbocycles. The van der Waals surface area contributed by atoms with Crippen LogP contribution in [-0.2, 0) is 13.6 Å². The lowest BCUT2D eigenvalue weighted by atomic mass is 10.2. The van der Waals surface area contributed by atoms with Crippen molar-refractivity contribution in [2.45, 2.75) is 13.5 Å². The fourth-order valence-electron chi connectivity index (χ4n) is 1.76. The van der Waals surface area contributed by atoms with E-state index in [2.05, 4.69) is 10.4 Å². The number of anilines is 1. The van der Waals surface area contributed by atoms with Gasteiger partial charge in [-0.2, -0.15) is 5.10 Å². The van der Waals surface area contributed by atoms with E-state index in [-0.39, 0.29) is 17.3 Å². The predicted molar refractivity (Wildman–Crippen MR) is 71.6 cm³/mol. The summed E-state index contributed by atoms with van der Waals surface area (Å²) in [7, 11) is 1.71. The lowest BCUT2D eigenvalue weighted by Gasteiger charge is -2.09. The first-order valence-electron chi connectivity index (χ1n) is 5.46. The zero-order valence-corrected chi connectivity index (χ0v) is 11.8. The van der Waals surface area contributed by atoms with Crippen LogP contribution >= 0.6 is 23.2 Å². The molecule has 7 heteroatoms. The monoisotopic (exact) mass is 305 g/mol. The second-order valence-electron chi connectivity index (χ2n) is 4.08. The van der Waals surface area contributed by atoms with Crippen molar-refractivity contribution in [3.8, 4) is 0 Å². The van der Waals surface area contributed by atoms with Crippen LogP contribution in [0.3, 0.4) is 0 Å². The van der Waals surface area contributed by atoms with Crippen molar-refractivity contribution in [2.75, 3.05) is 5.32 Å². The maximum atomic E-state index is 13.6. The number of nitrogens with one attached hydrogen (secondary N) is 1. The number of aryl methyl sites for hydroxylation is 2. The molecular weight excluding hydrogens is 295 g/mol. The molecule has 0 unspecified atom stereocenters. The summed E-state index contributed by atoms with van der Waals surface area (Å²) < 4.78 is 28.0. The Labute approximate surface area is 119 Å². The molecule has 0 bridgehead atoms. The van der Waals surface area contributed by atoms with Gasteiger partial charge >= 0.3 is 0 Å². The molecular formula is C12H11Cl2F2N3. The van der Waals surface area contributed by atoms with E-state index in [1.54, 1.807) is 14.0 Å². The molecule has 0 saturated heterocycles. The van der Waals surface area contributed by atoms with Gasteiger partial charge in [-0.15, -0.1) is 0 Å². The minimum atomic E-state index is -0.748. The highest BCUT2D eigenvalue weighted by atomic mass is 35.5. The fraction of sp³-hybridized carbons (Fsp3) is 0.250. The summed E-state index contributed by atoms with van der Waals surface area (Å²) in [6, 6.07) is 1.82. The van der Waals surface area contributed by atoms with Crippen molar-refractivity contribution >= 4 is 28.9 Å². The highest BCUT2D eigenvalue weighted by Gasteiger charge is 2.14. The molecule has 3 nitrogen and oxygen atoms in total. The van der Waals surface area contributed by atoms with Crippen LogP contribution in [-0.4, -0.2) is 9.78 Å². The molecule has 102 valence electrons. The maximum absolute atomic E-state index is 13.6. The second kappa shape index (κ2) is 5.35. The van der Waals surface area contributed by atoms with Crippen molar-refractivity contribution in [2.24, 2.45) is 7.05 Å². The van der Waals surface area contributed by atoms with Crippen LogP contribution in [0.25, 0.3) is 0 Å². The summed E-state index contributed by atoms with van der Waals surface area (Å²) in [6.07, 6.45) is 0. The number of hydrogen-bond donors (Lipinski definition) is 1. The lowest BCUT2D eigenvalue weighted by Crippen LogP contribution is -2.04. The standard InChI is InChI=1S/C12H11Cl2F2N3/c1-6-8(12(14)19(2)18-6)5-17-11-9(13)3-7(15)4-10(11)16/h3-4,17H,5H2,1-2H3. The van der Waals surface area contributed by atoms with E-state index < -0.39 is 11.6 Å². The van der Waals surface area contributed by atoms with Crippen molar-refractivity contribution in [1.29, 1.82) is 0 Å². The molecule has 1 heterocycles. The Bertz CT molecular complexity index is 603. The minimum absolute atomic E-state index is 0.0184. The summed E-state index contributed by atoms with van der Waals surface area (Å²) in [5, 5.41) is 7.39. The Kier molecular flexibility index (Phi) is 3.96. The predicted octanol–water partition coefficient (Wildman–Crippen LogP) is 3.93. The molecule has 0 aliphatic carbocycles. The Morgan fingerprint density at radius 2 is 2.00 bits per heavy atom. The number of rotatable bonds is 3. The van der Waals surface area contributed by atoms with E-state index in [0.29, 0.717) is 5.15 Å². The van der Waals surface area contributed by atoms with Crippen molar-refractivity contribution in [3.05, 3.63) is 45.2 Å². The Hall–Kier alpha value is -1.33. The highest BCUT2D eigenvalue weighted by molar-refractivity contribution is 6.33. The Balaban J connectivity index is 2.24. The van der Waals surface area contributed by atoms with E-state index in [1.807, 2.05) is 0 Å². The van der Waals surface area contributed by atoms with Gasteiger partial charge in [0.05, 0.1) is 16.4 Å². The van der Waals surface area contributed by atoms with Crippen LogP contribution in [0.1, 0.15) is 11.3 Å². The molecule has 0 aliphatic rings. The van der Waals surface area contributed by atoms with Crippen LogP contribution < -0.4 is 5.32 Å². The van der Waals surface area contributed by atoms with Crippen LogP contribution in [0.2, 0.25) is 10.2 Å². The molecule has 1 N–H and O–H groups in total. The average molecular weight is 306 g/mol. The summed E-state index contributed by atoms with van der Waals surface area (Å²) in [4.78, 5) is 0. The Morgan fingerprint density at radius 1 is 1.32 bits per heavy atom. The first-order chi connectivity index (χ1) is 8.90. The topological polar surface area (TPSA) is 29.9 Å². The lowest BCUT2D eigenvalue weighted by molar-refractivity contribution is 0.585. The number of nitrogens with zero attached hydrogens (tertiary/aromatic N) is 2. The first-order valence-corrected chi connectivity index (χ1v) is 6.22. The molecule has 2 rings (SSSR count). The smallest absolute Gasteiger partial charge is 0.150 e. The zero-order chi connectivity index (χ0) is 14.2. The minimum Gasteiger partial charge on any atom is -0.377 e. The van der Waals surface area contributed by atoms with Gasteiger partial charge in [-0.3, -0.25) is 4.68 Å². The molecule has 0 fully saturated rings. The van der Waals surface area contributed by atoms with E-state index >= 15 is 0 Å². The molecule has 19 heavy (non-hydrogen) atoms. The number of hydrogen-bond acceptors (Lipinski definition) is 2. The molecule has 0 aliphatic heterocycles. The van der Waals surface area contributed by atoms with Gasteiger partial charge in [0, 0.05) is 25.2 Å². The van der Waals surface area contributed by atoms with E-state index in [4.69, 9.17) is 23.2 Å². The van der Waals surface area contributed by atoms with Gasteiger partial charge < -0.3 is 5.32 Å². The van der Waals surface area contributed by atoms with Crippen LogP contribution in [0.5, 0.6) is 0 Å². The van der Waals surface area contributed by atoms with E-state index in [0.717, 1.165) is 23.4 Å². The third-order valence-electron chi connectivity index (χ3n) is 2.72. The number of aromatic nitrogens is 2. The molecule has 0 spiro atoms. The van der Waals surface area contributed by atoms with E-state index in [1.165, 1.54) is 4.68 Å². The van der Waals surface area contributed by atoms with Gasteiger partial charge in [0.15, 0.2) is 5.82 Å². The average Bonchev–Trinajstić information content (AvgIpc) is 2.53. The van der Waals surface area contributed by atoms with E-state index in [9.17, 15) is 8.78 Å². The summed E-state index contributed by atoms with van der Waals surface area (Å²) in [5.41, 5.74) is 1.52. The Morgan fingerprint density at radius 3 is 2.53 bits per heavy atom. The van der Waals surface area contributed by atoms with Gasteiger partial charge in [0.2, 0.25) is 0 Å².